The van der Waals surface area contributed by atoms with Crippen LogP contribution in [0.5, 0.6) is 0 Å². The molecule has 0 bridgehead atoms. The molecule has 0 radical (unpaired) electrons. The Morgan fingerprint density at radius 2 is 1.68 bits per heavy atom. The lowest BCUT2D eigenvalue weighted by Gasteiger charge is -2.28. The molecule has 0 spiro atoms. The van der Waals surface area contributed by atoms with Crippen LogP contribution in [0.4, 0.5) is 14.7 Å². The van der Waals surface area contributed by atoms with Gasteiger partial charge >= 0.3 is 0 Å². The number of piperazine rings is 1. The van der Waals surface area contributed by atoms with E-state index < -0.39 is 0 Å². The van der Waals surface area contributed by atoms with E-state index in [1.165, 1.54) is 24.3 Å². The fraction of sp³-hybridized carbons (Fsp3) is 0.263. The minimum absolute atomic E-state index is 0.284. The number of rotatable bonds is 2. The number of anilines is 1. The molecular formula is C19H18F2N4. The van der Waals surface area contributed by atoms with Crippen LogP contribution in [0.25, 0.3) is 22.2 Å². The molecule has 6 heteroatoms. The van der Waals surface area contributed by atoms with E-state index in [-0.39, 0.29) is 11.6 Å². The Labute approximate surface area is 144 Å². The Morgan fingerprint density at radius 1 is 0.960 bits per heavy atom. The molecule has 1 aromatic heterocycles. The van der Waals surface area contributed by atoms with Gasteiger partial charge in [0.25, 0.3) is 0 Å². The molecular weight excluding hydrogens is 322 g/mol. The largest absolute Gasteiger partial charge is 0.338 e. The topological polar surface area (TPSA) is 41.1 Å². The Balaban J connectivity index is 1.94. The van der Waals surface area contributed by atoms with Gasteiger partial charge in [0, 0.05) is 43.2 Å². The van der Waals surface area contributed by atoms with Crippen molar-refractivity contribution in [1.29, 1.82) is 0 Å². The van der Waals surface area contributed by atoms with Crippen molar-refractivity contribution in [3.63, 3.8) is 0 Å². The van der Waals surface area contributed by atoms with Crippen LogP contribution in [0, 0.1) is 18.6 Å². The third-order valence-electron chi connectivity index (χ3n) is 4.49. The van der Waals surface area contributed by atoms with Crippen LogP contribution in [0.3, 0.4) is 0 Å². The van der Waals surface area contributed by atoms with Crippen molar-refractivity contribution in [3.8, 4) is 11.3 Å². The molecule has 1 aliphatic rings. The minimum atomic E-state index is -0.334. The van der Waals surface area contributed by atoms with Gasteiger partial charge in [-0.15, -0.1) is 0 Å². The second kappa shape index (κ2) is 6.37. The van der Waals surface area contributed by atoms with Crippen molar-refractivity contribution >= 4 is 16.9 Å². The van der Waals surface area contributed by atoms with Gasteiger partial charge in [0.15, 0.2) is 0 Å². The van der Waals surface area contributed by atoms with E-state index >= 15 is 0 Å². The molecule has 2 aromatic carbocycles. The highest BCUT2D eigenvalue weighted by atomic mass is 19.1. The Kier molecular flexibility index (Phi) is 4.05. The van der Waals surface area contributed by atoms with Crippen LogP contribution in [0.1, 0.15) is 5.56 Å². The second-order valence-corrected chi connectivity index (χ2v) is 6.23. The number of nitrogens with one attached hydrogen (secondary N) is 1. The van der Waals surface area contributed by atoms with Gasteiger partial charge in [0.1, 0.15) is 11.6 Å². The van der Waals surface area contributed by atoms with Crippen molar-refractivity contribution in [1.82, 2.24) is 15.3 Å². The van der Waals surface area contributed by atoms with Crippen LogP contribution >= 0.6 is 0 Å². The zero-order chi connectivity index (χ0) is 17.4. The van der Waals surface area contributed by atoms with Crippen molar-refractivity contribution in [3.05, 3.63) is 53.6 Å². The molecule has 1 fully saturated rings. The monoisotopic (exact) mass is 340 g/mol. The molecule has 4 nitrogen and oxygen atoms in total. The number of aryl methyl sites for hydroxylation is 1. The second-order valence-electron chi connectivity index (χ2n) is 6.23. The number of aromatic nitrogens is 2. The van der Waals surface area contributed by atoms with Gasteiger partial charge in [0.2, 0.25) is 5.95 Å². The number of fused-ring (bicyclic) bond motifs is 1. The van der Waals surface area contributed by atoms with Crippen molar-refractivity contribution in [2.24, 2.45) is 0 Å². The van der Waals surface area contributed by atoms with Crippen molar-refractivity contribution in [2.45, 2.75) is 6.92 Å². The summed E-state index contributed by atoms with van der Waals surface area (Å²) < 4.78 is 27.2. The molecule has 0 unspecified atom stereocenters. The first-order valence-corrected chi connectivity index (χ1v) is 8.31. The first kappa shape index (κ1) is 15.9. The molecule has 0 atom stereocenters. The molecule has 0 amide bonds. The first-order chi connectivity index (χ1) is 12.1. The molecule has 2 heterocycles. The Morgan fingerprint density at radius 3 is 2.44 bits per heavy atom. The average Bonchev–Trinajstić information content (AvgIpc) is 2.61. The van der Waals surface area contributed by atoms with E-state index in [2.05, 4.69) is 15.2 Å². The molecule has 0 saturated carbocycles. The molecule has 25 heavy (non-hydrogen) atoms. The summed E-state index contributed by atoms with van der Waals surface area (Å²) in [5.74, 6) is -0.0365. The van der Waals surface area contributed by atoms with E-state index in [0.717, 1.165) is 42.7 Å². The van der Waals surface area contributed by atoms with Crippen molar-refractivity contribution < 1.29 is 8.78 Å². The number of hydrogen-bond acceptors (Lipinski definition) is 4. The molecule has 0 aliphatic carbocycles. The molecule has 3 aromatic rings. The summed E-state index contributed by atoms with van der Waals surface area (Å²) in [6.45, 7) is 5.15. The highest BCUT2D eigenvalue weighted by Gasteiger charge is 2.18. The lowest BCUT2D eigenvalue weighted by Crippen LogP contribution is -2.44. The molecule has 4 rings (SSSR count). The summed E-state index contributed by atoms with van der Waals surface area (Å²) in [4.78, 5) is 11.4. The summed E-state index contributed by atoms with van der Waals surface area (Å²) in [5.41, 5.74) is 2.88. The van der Waals surface area contributed by atoms with Gasteiger partial charge in [-0.25, -0.2) is 18.7 Å². The van der Waals surface area contributed by atoms with Gasteiger partial charge in [-0.2, -0.15) is 0 Å². The van der Waals surface area contributed by atoms with Gasteiger partial charge in [-0.05, 0) is 42.8 Å². The summed E-state index contributed by atoms with van der Waals surface area (Å²) >= 11 is 0. The quantitative estimate of drug-likeness (QED) is 0.777. The Hall–Kier alpha value is -2.60. The average molecular weight is 340 g/mol. The van der Waals surface area contributed by atoms with Crippen molar-refractivity contribution in [2.75, 3.05) is 31.1 Å². The SMILES string of the molecule is Cc1cc(F)ccc1-c1nc(N2CCNCC2)nc2cc(F)ccc12. The molecule has 1 N–H and O–H groups in total. The van der Waals surface area contributed by atoms with Crippen LogP contribution in [0.2, 0.25) is 0 Å². The van der Waals surface area contributed by atoms with Crippen LogP contribution in [-0.2, 0) is 0 Å². The lowest BCUT2D eigenvalue weighted by molar-refractivity contribution is 0.580. The maximum atomic E-state index is 13.7. The predicted octanol–water partition coefficient (Wildman–Crippen LogP) is 3.29. The standard InChI is InChI=1S/C19H18F2N4/c1-12-10-13(20)2-4-15(12)18-16-5-3-14(21)11-17(16)23-19(24-18)25-8-6-22-7-9-25/h2-5,10-11,22H,6-9H2,1H3. The maximum Gasteiger partial charge on any atom is 0.226 e. The number of nitrogens with zero attached hydrogens (tertiary/aromatic N) is 3. The van der Waals surface area contributed by atoms with E-state index in [1.807, 2.05) is 6.92 Å². The minimum Gasteiger partial charge on any atom is -0.338 e. The highest BCUT2D eigenvalue weighted by molar-refractivity contribution is 5.94. The summed E-state index contributed by atoms with van der Waals surface area (Å²) in [6, 6.07) is 9.13. The fourth-order valence-corrected chi connectivity index (χ4v) is 3.19. The third kappa shape index (κ3) is 3.05. The fourth-order valence-electron chi connectivity index (χ4n) is 3.19. The van der Waals surface area contributed by atoms with E-state index in [4.69, 9.17) is 4.98 Å². The van der Waals surface area contributed by atoms with E-state index in [9.17, 15) is 8.78 Å². The van der Waals surface area contributed by atoms with Crippen LogP contribution in [-0.4, -0.2) is 36.1 Å². The number of hydrogen-bond donors (Lipinski definition) is 1. The zero-order valence-corrected chi connectivity index (χ0v) is 13.9. The normalized spacial score (nSPS) is 14.9. The van der Waals surface area contributed by atoms with Crippen LogP contribution in [0.15, 0.2) is 36.4 Å². The molecule has 128 valence electrons. The van der Waals surface area contributed by atoms with E-state index in [1.54, 1.807) is 12.1 Å². The Bertz CT molecular complexity index is 936. The number of benzene rings is 2. The van der Waals surface area contributed by atoms with E-state index in [0.29, 0.717) is 17.2 Å². The van der Waals surface area contributed by atoms with Gasteiger partial charge < -0.3 is 10.2 Å². The van der Waals surface area contributed by atoms with Gasteiger partial charge in [-0.3, -0.25) is 0 Å². The summed E-state index contributed by atoms with van der Waals surface area (Å²) in [7, 11) is 0. The summed E-state index contributed by atoms with van der Waals surface area (Å²) in [6.07, 6.45) is 0. The molecule has 1 saturated heterocycles. The zero-order valence-electron chi connectivity index (χ0n) is 13.9. The first-order valence-electron chi connectivity index (χ1n) is 8.31. The molecule has 1 aliphatic heterocycles. The number of halogens is 2. The van der Waals surface area contributed by atoms with Crippen LogP contribution < -0.4 is 10.2 Å². The van der Waals surface area contributed by atoms with Gasteiger partial charge in [-0.1, -0.05) is 0 Å². The predicted molar refractivity (Wildman–Crippen MR) is 94.7 cm³/mol. The third-order valence-corrected chi connectivity index (χ3v) is 4.49. The smallest absolute Gasteiger partial charge is 0.226 e. The maximum absolute atomic E-state index is 13.7. The van der Waals surface area contributed by atoms with Gasteiger partial charge in [0.05, 0.1) is 11.2 Å². The lowest BCUT2D eigenvalue weighted by atomic mass is 10.0. The highest BCUT2D eigenvalue weighted by Crippen LogP contribution is 2.31. The summed E-state index contributed by atoms with van der Waals surface area (Å²) in [5, 5.41) is 4.05.